The van der Waals surface area contributed by atoms with Crippen LogP contribution in [0.4, 0.5) is 0 Å². The standard InChI is InChI=1S/C22H18ClN5O/c1-15-7-2-3-8-16(15)14-25-22(29)20-21(17-9-6-12-24-13-17)28(27-26-20)19-11-5-4-10-18(19)23/h2-13H,14H2,1H3,(H,25,29). The molecule has 0 saturated heterocycles. The Kier molecular flexibility index (Phi) is 5.35. The molecule has 0 aliphatic heterocycles. The quantitative estimate of drug-likeness (QED) is 0.541. The number of aromatic nitrogens is 4. The van der Waals surface area contributed by atoms with Crippen molar-refractivity contribution in [1.29, 1.82) is 0 Å². The summed E-state index contributed by atoms with van der Waals surface area (Å²) >= 11 is 6.36. The number of benzene rings is 2. The summed E-state index contributed by atoms with van der Waals surface area (Å²) in [4.78, 5) is 17.1. The summed E-state index contributed by atoms with van der Waals surface area (Å²) in [7, 11) is 0. The summed E-state index contributed by atoms with van der Waals surface area (Å²) in [5, 5.41) is 11.8. The van der Waals surface area contributed by atoms with Crippen LogP contribution in [0, 0.1) is 6.92 Å². The molecule has 0 aliphatic carbocycles. The summed E-state index contributed by atoms with van der Waals surface area (Å²) in [5.41, 5.74) is 4.26. The summed E-state index contributed by atoms with van der Waals surface area (Å²) in [6.07, 6.45) is 3.34. The van der Waals surface area contributed by atoms with Crippen molar-refractivity contribution in [2.75, 3.05) is 0 Å². The molecule has 29 heavy (non-hydrogen) atoms. The van der Waals surface area contributed by atoms with Gasteiger partial charge in [0.25, 0.3) is 5.91 Å². The molecule has 0 atom stereocenters. The van der Waals surface area contributed by atoms with E-state index in [0.717, 1.165) is 16.7 Å². The highest BCUT2D eigenvalue weighted by Crippen LogP contribution is 2.28. The lowest BCUT2D eigenvalue weighted by molar-refractivity contribution is 0.0946. The van der Waals surface area contributed by atoms with Gasteiger partial charge in [-0.15, -0.1) is 5.10 Å². The average molecular weight is 404 g/mol. The van der Waals surface area contributed by atoms with Gasteiger partial charge in [0.1, 0.15) is 5.69 Å². The van der Waals surface area contributed by atoms with Gasteiger partial charge in [0.15, 0.2) is 5.69 Å². The molecule has 0 aliphatic rings. The SMILES string of the molecule is Cc1ccccc1CNC(=O)c1nnn(-c2ccccc2Cl)c1-c1cccnc1. The fourth-order valence-electron chi connectivity index (χ4n) is 3.06. The molecule has 0 radical (unpaired) electrons. The Balaban J connectivity index is 1.73. The van der Waals surface area contributed by atoms with Crippen LogP contribution >= 0.6 is 11.6 Å². The second kappa shape index (κ2) is 8.24. The van der Waals surface area contributed by atoms with Crippen LogP contribution < -0.4 is 5.32 Å². The van der Waals surface area contributed by atoms with Crippen LogP contribution in [0.15, 0.2) is 73.1 Å². The van der Waals surface area contributed by atoms with Crippen LogP contribution in [0.25, 0.3) is 16.9 Å². The minimum absolute atomic E-state index is 0.214. The van der Waals surface area contributed by atoms with Crippen molar-refractivity contribution in [3.63, 3.8) is 0 Å². The minimum atomic E-state index is -0.314. The number of halogens is 1. The Morgan fingerprint density at radius 2 is 1.86 bits per heavy atom. The smallest absolute Gasteiger partial charge is 0.274 e. The third-order valence-electron chi connectivity index (χ3n) is 4.60. The van der Waals surface area contributed by atoms with Crippen LogP contribution in [-0.2, 0) is 6.54 Å². The second-order valence-electron chi connectivity index (χ2n) is 6.50. The Hall–Kier alpha value is -3.51. The number of amides is 1. The van der Waals surface area contributed by atoms with Gasteiger partial charge in [0, 0.05) is 24.5 Å². The van der Waals surface area contributed by atoms with E-state index >= 15 is 0 Å². The van der Waals surface area contributed by atoms with Crippen LogP contribution in [-0.4, -0.2) is 25.9 Å². The first-order valence-corrected chi connectivity index (χ1v) is 9.46. The van der Waals surface area contributed by atoms with E-state index in [1.54, 1.807) is 29.2 Å². The summed E-state index contributed by atoms with van der Waals surface area (Å²) in [6, 6.07) is 18.9. The largest absolute Gasteiger partial charge is 0.346 e. The third-order valence-corrected chi connectivity index (χ3v) is 4.92. The van der Waals surface area contributed by atoms with Gasteiger partial charge < -0.3 is 5.32 Å². The molecule has 7 heteroatoms. The number of carbonyl (C=O) groups excluding carboxylic acids is 1. The zero-order valence-electron chi connectivity index (χ0n) is 15.7. The molecule has 0 unspecified atom stereocenters. The van der Waals surface area contributed by atoms with Crippen molar-refractivity contribution in [3.05, 3.63) is 94.9 Å². The van der Waals surface area contributed by atoms with Gasteiger partial charge in [-0.05, 0) is 42.3 Å². The maximum atomic E-state index is 13.0. The summed E-state index contributed by atoms with van der Waals surface area (Å²) < 4.78 is 1.57. The fraction of sp³-hybridized carbons (Fsp3) is 0.0909. The van der Waals surface area contributed by atoms with E-state index in [2.05, 4.69) is 20.6 Å². The molecule has 6 nitrogen and oxygen atoms in total. The average Bonchev–Trinajstić information content (AvgIpc) is 3.19. The zero-order chi connectivity index (χ0) is 20.2. The first kappa shape index (κ1) is 18.8. The first-order chi connectivity index (χ1) is 14.1. The molecule has 4 rings (SSSR count). The van der Waals surface area contributed by atoms with E-state index in [4.69, 9.17) is 11.6 Å². The molecule has 2 heterocycles. The highest BCUT2D eigenvalue weighted by Gasteiger charge is 2.23. The van der Waals surface area contributed by atoms with E-state index in [-0.39, 0.29) is 11.6 Å². The summed E-state index contributed by atoms with van der Waals surface area (Å²) in [5.74, 6) is -0.314. The Morgan fingerprint density at radius 3 is 2.62 bits per heavy atom. The Bertz CT molecular complexity index is 1160. The minimum Gasteiger partial charge on any atom is -0.346 e. The number of pyridine rings is 1. The lowest BCUT2D eigenvalue weighted by Gasteiger charge is -2.10. The fourth-order valence-corrected chi connectivity index (χ4v) is 3.27. The lowest BCUT2D eigenvalue weighted by Crippen LogP contribution is -2.24. The van der Waals surface area contributed by atoms with Gasteiger partial charge in [0.05, 0.1) is 10.7 Å². The molecule has 0 saturated carbocycles. The highest BCUT2D eigenvalue weighted by molar-refractivity contribution is 6.32. The molecule has 4 aromatic rings. The van der Waals surface area contributed by atoms with Crippen LogP contribution in [0.2, 0.25) is 5.02 Å². The van der Waals surface area contributed by atoms with E-state index in [1.165, 1.54) is 0 Å². The molecule has 144 valence electrons. The van der Waals surface area contributed by atoms with E-state index in [1.807, 2.05) is 55.5 Å². The normalized spacial score (nSPS) is 10.7. The van der Waals surface area contributed by atoms with Crippen LogP contribution in [0.5, 0.6) is 0 Å². The van der Waals surface area contributed by atoms with Crippen molar-refractivity contribution in [2.24, 2.45) is 0 Å². The number of hydrogen-bond acceptors (Lipinski definition) is 4. The third kappa shape index (κ3) is 3.88. The van der Waals surface area contributed by atoms with Crippen molar-refractivity contribution in [1.82, 2.24) is 25.3 Å². The predicted octanol–water partition coefficient (Wildman–Crippen LogP) is 4.22. The number of hydrogen-bond donors (Lipinski definition) is 1. The lowest BCUT2D eigenvalue weighted by atomic mass is 10.1. The molecular formula is C22H18ClN5O. The topological polar surface area (TPSA) is 72.7 Å². The van der Waals surface area contributed by atoms with E-state index in [0.29, 0.717) is 22.9 Å². The van der Waals surface area contributed by atoms with Gasteiger partial charge in [-0.2, -0.15) is 0 Å². The van der Waals surface area contributed by atoms with E-state index in [9.17, 15) is 4.79 Å². The second-order valence-corrected chi connectivity index (χ2v) is 6.91. The molecule has 0 fully saturated rings. The van der Waals surface area contributed by atoms with E-state index < -0.39 is 0 Å². The molecule has 2 aromatic carbocycles. The maximum Gasteiger partial charge on any atom is 0.274 e. The maximum absolute atomic E-state index is 13.0. The van der Waals surface area contributed by atoms with Gasteiger partial charge in [-0.1, -0.05) is 53.2 Å². The Labute approximate surface area is 173 Å². The summed E-state index contributed by atoms with van der Waals surface area (Å²) in [6.45, 7) is 2.41. The Morgan fingerprint density at radius 1 is 1.07 bits per heavy atom. The van der Waals surface area contributed by atoms with Gasteiger partial charge in [-0.3, -0.25) is 9.78 Å². The predicted molar refractivity (Wildman–Crippen MR) is 112 cm³/mol. The van der Waals surface area contributed by atoms with Gasteiger partial charge >= 0.3 is 0 Å². The van der Waals surface area contributed by atoms with Crippen molar-refractivity contribution in [2.45, 2.75) is 13.5 Å². The number of carbonyl (C=O) groups is 1. The van der Waals surface area contributed by atoms with Gasteiger partial charge in [-0.25, -0.2) is 4.68 Å². The monoisotopic (exact) mass is 403 g/mol. The molecular weight excluding hydrogens is 386 g/mol. The number of nitrogens with zero attached hydrogens (tertiary/aromatic N) is 4. The van der Waals surface area contributed by atoms with Gasteiger partial charge in [0.2, 0.25) is 0 Å². The molecule has 1 N–H and O–H groups in total. The van der Waals surface area contributed by atoms with Crippen LogP contribution in [0.3, 0.4) is 0 Å². The molecule has 0 spiro atoms. The highest BCUT2D eigenvalue weighted by atomic mass is 35.5. The number of para-hydroxylation sites is 1. The first-order valence-electron chi connectivity index (χ1n) is 9.09. The zero-order valence-corrected chi connectivity index (χ0v) is 16.5. The van der Waals surface area contributed by atoms with Crippen molar-refractivity contribution in [3.8, 4) is 16.9 Å². The molecule has 0 bridgehead atoms. The van der Waals surface area contributed by atoms with Crippen molar-refractivity contribution >= 4 is 17.5 Å². The molecule has 2 aromatic heterocycles. The van der Waals surface area contributed by atoms with Crippen molar-refractivity contribution < 1.29 is 4.79 Å². The number of rotatable bonds is 5. The molecule has 1 amide bonds. The number of aryl methyl sites for hydroxylation is 1. The number of nitrogens with one attached hydrogen (secondary N) is 1. The van der Waals surface area contributed by atoms with Crippen LogP contribution in [0.1, 0.15) is 21.6 Å².